The molecule has 4 aromatic heterocycles. The van der Waals surface area contributed by atoms with Crippen molar-refractivity contribution < 1.29 is 8.78 Å². The minimum atomic E-state index is -2.68. The van der Waals surface area contributed by atoms with Crippen molar-refractivity contribution in [3.63, 3.8) is 0 Å². The Morgan fingerprint density at radius 2 is 2.04 bits per heavy atom. The zero-order chi connectivity index (χ0) is 19.4. The average molecular weight is 385 g/mol. The Kier molecular flexibility index (Phi) is 3.51. The van der Waals surface area contributed by atoms with Crippen LogP contribution in [0.2, 0.25) is 0 Å². The number of hydrogen-bond donors (Lipinski definition) is 2. The second-order valence-corrected chi connectivity index (χ2v) is 6.61. The molecule has 0 aromatic carbocycles. The number of nitrogens with zero attached hydrogens (tertiary/aromatic N) is 5. The molecule has 0 amide bonds. The molecule has 4 aromatic rings. The van der Waals surface area contributed by atoms with Crippen molar-refractivity contribution in [1.29, 1.82) is 0 Å². The molecule has 0 bridgehead atoms. The topological polar surface area (TPSA) is 114 Å². The molecule has 1 fully saturated rings. The van der Waals surface area contributed by atoms with E-state index in [2.05, 4.69) is 25.1 Å². The van der Waals surface area contributed by atoms with Crippen LogP contribution in [-0.4, -0.2) is 34.3 Å². The van der Waals surface area contributed by atoms with E-state index in [-0.39, 0.29) is 17.4 Å². The summed E-state index contributed by atoms with van der Waals surface area (Å²) < 4.78 is 27.7. The Balaban J connectivity index is 1.57. The summed E-state index contributed by atoms with van der Waals surface area (Å²) in [4.78, 5) is 32.3. The molecule has 142 valence electrons. The highest BCUT2D eigenvalue weighted by atomic mass is 19.3. The van der Waals surface area contributed by atoms with Crippen LogP contribution < -0.4 is 11.2 Å². The molecule has 0 spiro atoms. The zero-order valence-electron chi connectivity index (χ0n) is 14.2. The third-order valence-corrected chi connectivity index (χ3v) is 4.88. The number of fused-ring (bicyclic) bond motifs is 1. The lowest BCUT2D eigenvalue weighted by atomic mass is 10.1. The monoisotopic (exact) mass is 385 g/mol. The average Bonchev–Trinajstić information content (AvgIpc) is 3.07. The van der Waals surface area contributed by atoms with Gasteiger partial charge in [0.05, 0.1) is 17.0 Å². The molecule has 1 saturated carbocycles. The van der Waals surface area contributed by atoms with Crippen molar-refractivity contribution in [2.75, 3.05) is 0 Å². The number of rotatable bonds is 4. The van der Waals surface area contributed by atoms with E-state index < -0.39 is 17.8 Å². The number of aromatic nitrogens is 7. The number of alkyl halides is 2. The largest absolute Gasteiger partial charge is 0.333 e. The van der Waals surface area contributed by atoms with Crippen LogP contribution in [0.3, 0.4) is 0 Å². The Labute approximate surface area is 154 Å². The summed E-state index contributed by atoms with van der Waals surface area (Å²) in [6.45, 7) is -2.68. The lowest BCUT2D eigenvalue weighted by molar-refractivity contribution is 0.0562. The molecule has 1 aliphatic rings. The Bertz CT molecular complexity index is 1300. The van der Waals surface area contributed by atoms with Gasteiger partial charge in [-0.2, -0.15) is 19.0 Å². The van der Waals surface area contributed by atoms with Gasteiger partial charge in [-0.15, -0.1) is 0 Å². The minimum Gasteiger partial charge on any atom is -0.313 e. The molecule has 5 rings (SSSR count). The lowest BCUT2D eigenvalue weighted by Crippen LogP contribution is -2.23. The van der Waals surface area contributed by atoms with Gasteiger partial charge in [0.1, 0.15) is 0 Å². The highest BCUT2D eigenvalue weighted by Gasteiger charge is 2.43. The minimum absolute atomic E-state index is 0.00962. The van der Waals surface area contributed by atoms with Crippen molar-refractivity contribution >= 4 is 5.65 Å². The molecular formula is C17H13F2N7O2. The summed E-state index contributed by atoms with van der Waals surface area (Å²) in [5.41, 5.74) is 1.51. The highest BCUT2D eigenvalue weighted by Crippen LogP contribution is 2.55. The maximum absolute atomic E-state index is 12.8. The second kappa shape index (κ2) is 5.94. The number of aromatic amines is 2. The van der Waals surface area contributed by atoms with Crippen molar-refractivity contribution in [1.82, 2.24) is 34.3 Å². The predicted molar refractivity (Wildman–Crippen MR) is 93.2 cm³/mol. The molecule has 9 nitrogen and oxygen atoms in total. The van der Waals surface area contributed by atoms with Crippen molar-refractivity contribution in [3.05, 3.63) is 69.0 Å². The van der Waals surface area contributed by atoms with Crippen LogP contribution in [0.5, 0.6) is 0 Å². The molecule has 0 aliphatic heterocycles. The summed E-state index contributed by atoms with van der Waals surface area (Å²) in [7, 11) is 0. The first-order chi connectivity index (χ1) is 13.5. The molecule has 2 N–H and O–H groups in total. The lowest BCUT2D eigenvalue weighted by Gasteiger charge is -2.06. The molecule has 2 atom stereocenters. The first-order valence-corrected chi connectivity index (χ1v) is 8.51. The van der Waals surface area contributed by atoms with Crippen LogP contribution in [0.1, 0.15) is 36.1 Å². The van der Waals surface area contributed by atoms with Crippen molar-refractivity contribution in [2.45, 2.75) is 24.8 Å². The molecule has 0 radical (unpaired) electrons. The van der Waals surface area contributed by atoms with Gasteiger partial charge in [-0.3, -0.25) is 9.78 Å². The summed E-state index contributed by atoms with van der Waals surface area (Å²) in [5, 5.41) is 8.33. The fraction of sp³-hybridized carbons (Fsp3) is 0.235. The van der Waals surface area contributed by atoms with E-state index >= 15 is 0 Å². The van der Waals surface area contributed by atoms with Gasteiger partial charge >= 0.3 is 12.2 Å². The SMILES string of the molecule is O=c1[nH]cc(-c2cc([C@H]3C[C@@H]3c3ccn(C(F)F)n3)c3nccn3n2)c(=O)[nH]1. The third-order valence-electron chi connectivity index (χ3n) is 4.88. The Hall–Kier alpha value is -3.63. The maximum Gasteiger partial charge on any atom is 0.333 e. The van der Waals surface area contributed by atoms with E-state index in [9.17, 15) is 18.4 Å². The molecule has 0 unspecified atom stereocenters. The normalized spacial score (nSPS) is 18.8. The van der Waals surface area contributed by atoms with Gasteiger partial charge in [-0.1, -0.05) is 0 Å². The van der Waals surface area contributed by atoms with Gasteiger partial charge in [0.2, 0.25) is 0 Å². The number of H-pyrrole nitrogens is 2. The number of nitrogens with one attached hydrogen (secondary N) is 2. The van der Waals surface area contributed by atoms with Gasteiger partial charge < -0.3 is 4.98 Å². The summed E-state index contributed by atoms with van der Waals surface area (Å²) in [6.07, 6.45) is 6.55. The molecular weight excluding hydrogens is 372 g/mol. The first kappa shape index (κ1) is 16.5. The van der Waals surface area contributed by atoms with Gasteiger partial charge in [0, 0.05) is 36.3 Å². The zero-order valence-corrected chi connectivity index (χ0v) is 14.2. The number of imidazole rings is 1. The van der Waals surface area contributed by atoms with E-state index in [1.807, 2.05) is 0 Å². The molecule has 28 heavy (non-hydrogen) atoms. The summed E-state index contributed by atoms with van der Waals surface area (Å²) in [5.74, 6) is 0.0131. The van der Waals surface area contributed by atoms with Crippen LogP contribution in [0.4, 0.5) is 8.78 Å². The number of halogens is 2. The van der Waals surface area contributed by atoms with Gasteiger partial charge in [-0.25, -0.2) is 19.0 Å². The second-order valence-electron chi connectivity index (χ2n) is 6.61. The smallest absolute Gasteiger partial charge is 0.313 e. The fourth-order valence-electron chi connectivity index (χ4n) is 3.47. The van der Waals surface area contributed by atoms with E-state index in [1.54, 1.807) is 29.0 Å². The third kappa shape index (κ3) is 2.63. The first-order valence-electron chi connectivity index (χ1n) is 8.51. The van der Waals surface area contributed by atoms with Crippen LogP contribution >= 0.6 is 0 Å². The standard InChI is InChI=1S/C17H13F2N7O2/c18-16(19)26-3-1-12(23-26)9-5-8(9)10-6-13(24-25-4-2-20-14(10)25)11-7-21-17(28)22-15(11)27/h1-4,6-9,16H,5H2,(H2,21,22,27,28)/t8-,9-/m0/s1. The quantitative estimate of drug-likeness (QED) is 0.554. The van der Waals surface area contributed by atoms with Crippen molar-refractivity contribution in [2.24, 2.45) is 0 Å². The van der Waals surface area contributed by atoms with Crippen molar-refractivity contribution in [3.8, 4) is 11.3 Å². The molecule has 11 heteroatoms. The molecule has 0 saturated heterocycles. The highest BCUT2D eigenvalue weighted by molar-refractivity contribution is 5.63. The van der Waals surface area contributed by atoms with Crippen LogP contribution in [0.25, 0.3) is 16.9 Å². The van der Waals surface area contributed by atoms with E-state index in [1.165, 1.54) is 12.4 Å². The summed E-state index contributed by atoms with van der Waals surface area (Å²) in [6, 6.07) is 3.34. The van der Waals surface area contributed by atoms with E-state index in [0.29, 0.717) is 21.7 Å². The Morgan fingerprint density at radius 1 is 1.18 bits per heavy atom. The predicted octanol–water partition coefficient (Wildman–Crippen LogP) is 1.64. The van der Waals surface area contributed by atoms with Crippen LogP contribution in [0, 0.1) is 0 Å². The Morgan fingerprint density at radius 3 is 2.79 bits per heavy atom. The van der Waals surface area contributed by atoms with E-state index in [0.717, 1.165) is 12.0 Å². The van der Waals surface area contributed by atoms with Crippen LogP contribution in [-0.2, 0) is 0 Å². The fourth-order valence-corrected chi connectivity index (χ4v) is 3.47. The summed E-state index contributed by atoms with van der Waals surface area (Å²) >= 11 is 0. The molecule has 1 aliphatic carbocycles. The molecule has 4 heterocycles. The maximum atomic E-state index is 12.8. The number of hydrogen-bond acceptors (Lipinski definition) is 5. The van der Waals surface area contributed by atoms with E-state index in [4.69, 9.17) is 0 Å². The van der Waals surface area contributed by atoms with Gasteiger partial charge in [0.25, 0.3) is 5.56 Å². The van der Waals surface area contributed by atoms with Crippen LogP contribution in [0.15, 0.2) is 46.5 Å². The van der Waals surface area contributed by atoms with Gasteiger partial charge in [-0.05, 0) is 24.5 Å². The van der Waals surface area contributed by atoms with Gasteiger partial charge in [0.15, 0.2) is 5.65 Å².